The van der Waals surface area contributed by atoms with E-state index in [1.54, 1.807) is 28.0 Å². The van der Waals surface area contributed by atoms with E-state index in [0.29, 0.717) is 29.2 Å². The highest BCUT2D eigenvalue weighted by molar-refractivity contribution is 9.09. The third-order valence-electron chi connectivity index (χ3n) is 9.28. The summed E-state index contributed by atoms with van der Waals surface area (Å²) in [4.78, 5) is 48.7. The van der Waals surface area contributed by atoms with Crippen LogP contribution in [0.25, 0.3) is 0 Å². The number of carbonyl (C=O) groups is 3. The molecule has 7 atom stereocenters. The summed E-state index contributed by atoms with van der Waals surface area (Å²) >= 11 is 10.5. The van der Waals surface area contributed by atoms with Gasteiger partial charge in [0, 0.05) is 23.6 Å². The molecule has 3 heterocycles. The number of amides is 3. The average molecular weight is 699 g/mol. The van der Waals surface area contributed by atoms with Crippen LogP contribution in [-0.4, -0.2) is 76.0 Å². The van der Waals surface area contributed by atoms with Gasteiger partial charge in [-0.3, -0.25) is 14.4 Å². The van der Waals surface area contributed by atoms with Crippen LogP contribution in [0.2, 0.25) is 5.02 Å². The Morgan fingerprint density at radius 3 is 2.38 bits per heavy atom. The molecule has 3 aliphatic heterocycles. The average Bonchev–Trinajstić information content (AvgIpc) is 3.61. The minimum atomic E-state index is -1.30. The summed E-state index contributed by atoms with van der Waals surface area (Å²) in [6.45, 7) is 13.7. The summed E-state index contributed by atoms with van der Waals surface area (Å²) in [5, 5.41) is 11.1. The largest absolute Gasteiger partial charge is 0.394 e. The van der Waals surface area contributed by atoms with Crippen LogP contribution in [0.3, 0.4) is 0 Å². The standard InChI is InChI=1S/C35H41BrClN3O5/c1-6-16-38(23-13-9-8-10-14-23)32(42)27-28-33(43)40(24(20-41)18-21(3)4)31(35(28)19-25(36)30(27)45-35)34(44)39(17-7-2)29-22(5)12-11-15-26(29)37/h6-15,21,24-25,27-28,30-31,41H,1-2,16-20H2,3-5H3/t24-,25?,27+,28+,30+,31?,35?/m1/s1. The van der Waals surface area contributed by atoms with E-state index in [1.807, 2.05) is 63.2 Å². The Bertz CT molecular complexity index is 1450. The highest BCUT2D eigenvalue weighted by atomic mass is 79.9. The number of anilines is 2. The Kier molecular flexibility index (Phi) is 9.94. The lowest BCUT2D eigenvalue weighted by atomic mass is 9.70. The van der Waals surface area contributed by atoms with Gasteiger partial charge in [-0.1, -0.05) is 83.9 Å². The molecule has 3 fully saturated rings. The number of hydrogen-bond donors (Lipinski definition) is 1. The summed E-state index contributed by atoms with van der Waals surface area (Å²) < 4.78 is 6.78. The van der Waals surface area contributed by atoms with Crippen molar-refractivity contribution in [3.05, 3.63) is 84.4 Å². The van der Waals surface area contributed by atoms with E-state index >= 15 is 4.79 Å². The van der Waals surface area contributed by atoms with E-state index in [0.717, 1.165) is 5.56 Å². The monoisotopic (exact) mass is 697 g/mol. The van der Waals surface area contributed by atoms with Gasteiger partial charge in [-0.25, -0.2) is 0 Å². The van der Waals surface area contributed by atoms with Crippen LogP contribution in [0.5, 0.6) is 0 Å². The molecule has 2 aromatic rings. The number of nitrogens with zero attached hydrogens (tertiary/aromatic N) is 3. The zero-order chi connectivity index (χ0) is 32.6. The van der Waals surface area contributed by atoms with E-state index in [4.69, 9.17) is 16.3 Å². The maximum Gasteiger partial charge on any atom is 0.253 e. The van der Waals surface area contributed by atoms with Crippen molar-refractivity contribution in [3.63, 3.8) is 0 Å². The molecule has 3 amide bonds. The molecular formula is C35H41BrClN3O5. The second-order valence-corrected chi connectivity index (χ2v) is 14.2. The fraction of sp³-hybridized carbons (Fsp3) is 0.457. The van der Waals surface area contributed by atoms with E-state index in [-0.39, 0.29) is 48.2 Å². The highest BCUT2D eigenvalue weighted by Crippen LogP contribution is 2.61. The second kappa shape index (κ2) is 13.4. The van der Waals surface area contributed by atoms with Crippen molar-refractivity contribution < 1.29 is 24.2 Å². The van der Waals surface area contributed by atoms with E-state index in [9.17, 15) is 14.7 Å². The maximum atomic E-state index is 15.0. The summed E-state index contributed by atoms with van der Waals surface area (Å²) in [5.74, 6) is -2.66. The molecule has 5 rings (SSSR count). The fourth-order valence-electron chi connectivity index (χ4n) is 7.62. The van der Waals surface area contributed by atoms with Crippen molar-refractivity contribution in [2.24, 2.45) is 17.8 Å². The molecule has 8 nitrogen and oxygen atoms in total. The third-order valence-corrected chi connectivity index (χ3v) is 10.4. The van der Waals surface area contributed by atoms with Gasteiger partial charge in [-0.05, 0) is 49.4 Å². The van der Waals surface area contributed by atoms with Gasteiger partial charge in [0.15, 0.2) is 0 Å². The van der Waals surface area contributed by atoms with E-state index in [2.05, 4.69) is 29.1 Å². The van der Waals surface area contributed by atoms with Gasteiger partial charge in [0.05, 0.1) is 41.3 Å². The number of aryl methyl sites for hydroxylation is 1. The molecule has 2 aromatic carbocycles. The number of likely N-dealkylation sites (tertiary alicyclic amines) is 1. The zero-order valence-electron chi connectivity index (χ0n) is 25.9. The van der Waals surface area contributed by atoms with Crippen LogP contribution in [-0.2, 0) is 19.1 Å². The fourth-order valence-corrected chi connectivity index (χ4v) is 8.88. The Morgan fingerprint density at radius 1 is 1.11 bits per heavy atom. The molecule has 45 heavy (non-hydrogen) atoms. The first-order valence-corrected chi connectivity index (χ1v) is 16.7. The van der Waals surface area contributed by atoms with Crippen LogP contribution in [0, 0.1) is 24.7 Å². The molecule has 0 aliphatic carbocycles. The number of benzene rings is 2. The van der Waals surface area contributed by atoms with Gasteiger partial charge >= 0.3 is 0 Å². The number of alkyl halides is 1. The summed E-state index contributed by atoms with van der Waals surface area (Å²) in [5.41, 5.74) is 0.690. The highest BCUT2D eigenvalue weighted by Gasteiger charge is 2.77. The Hall–Kier alpha value is -2.98. The molecule has 0 aromatic heterocycles. The summed E-state index contributed by atoms with van der Waals surface area (Å²) in [6.07, 6.45) is 3.45. The van der Waals surface area contributed by atoms with Crippen LogP contribution < -0.4 is 9.80 Å². The lowest BCUT2D eigenvalue weighted by Crippen LogP contribution is -2.59. The Balaban J connectivity index is 1.66. The number of carbonyl (C=O) groups excluding carboxylic acids is 3. The predicted molar refractivity (Wildman–Crippen MR) is 181 cm³/mol. The van der Waals surface area contributed by atoms with E-state index in [1.165, 1.54) is 4.90 Å². The normalized spacial score (nSPS) is 27.4. The smallest absolute Gasteiger partial charge is 0.253 e. The van der Waals surface area contributed by atoms with Crippen molar-refractivity contribution >= 4 is 56.6 Å². The molecule has 2 bridgehead atoms. The van der Waals surface area contributed by atoms with Crippen LogP contribution in [0.1, 0.15) is 32.3 Å². The first-order valence-electron chi connectivity index (χ1n) is 15.4. The molecule has 3 aliphatic rings. The van der Waals surface area contributed by atoms with Crippen molar-refractivity contribution in [2.45, 2.75) is 62.2 Å². The molecular weight excluding hydrogens is 658 g/mol. The molecule has 240 valence electrons. The molecule has 0 saturated carbocycles. The van der Waals surface area contributed by atoms with E-state index < -0.39 is 35.6 Å². The quantitative estimate of drug-likeness (QED) is 0.232. The lowest BCUT2D eigenvalue weighted by Gasteiger charge is -2.40. The minimum Gasteiger partial charge on any atom is -0.394 e. The second-order valence-electron chi connectivity index (χ2n) is 12.6. The van der Waals surface area contributed by atoms with Crippen molar-refractivity contribution in [1.82, 2.24) is 4.90 Å². The third kappa shape index (κ3) is 5.66. The first kappa shape index (κ1) is 33.4. The number of halogens is 2. The summed E-state index contributed by atoms with van der Waals surface area (Å²) in [6, 6.07) is 12.9. The van der Waals surface area contributed by atoms with Crippen molar-refractivity contribution in [3.8, 4) is 0 Å². The minimum absolute atomic E-state index is 0.124. The van der Waals surface area contributed by atoms with Gasteiger partial charge in [0.1, 0.15) is 11.6 Å². The van der Waals surface area contributed by atoms with Crippen LogP contribution in [0.4, 0.5) is 11.4 Å². The van der Waals surface area contributed by atoms with Gasteiger partial charge in [0.25, 0.3) is 5.91 Å². The van der Waals surface area contributed by atoms with Crippen molar-refractivity contribution in [1.29, 1.82) is 0 Å². The van der Waals surface area contributed by atoms with Gasteiger partial charge < -0.3 is 24.5 Å². The lowest BCUT2D eigenvalue weighted by molar-refractivity contribution is -0.144. The summed E-state index contributed by atoms with van der Waals surface area (Å²) in [7, 11) is 0. The van der Waals surface area contributed by atoms with Gasteiger partial charge in [-0.2, -0.15) is 0 Å². The molecule has 3 unspecified atom stereocenters. The number of rotatable bonds is 12. The number of ether oxygens (including phenoxy) is 1. The van der Waals surface area contributed by atoms with Gasteiger partial charge in [0.2, 0.25) is 11.8 Å². The number of hydrogen-bond acceptors (Lipinski definition) is 5. The molecule has 1 spiro atoms. The SMILES string of the molecule is C=CCN(C(=O)[C@H]1[C@H]2C(=O)N([C@@H](CO)CC(C)C)C(C(=O)N(CC=C)c3c(C)cccc3Cl)C23CC(Br)[C@@H]1O3)c1ccccc1. The first-order chi connectivity index (χ1) is 21.5. The number of aliphatic hydroxyl groups excluding tert-OH is 1. The number of fused-ring (bicyclic) bond motifs is 1. The molecule has 0 radical (unpaired) electrons. The number of para-hydroxylation sites is 2. The Morgan fingerprint density at radius 2 is 1.78 bits per heavy atom. The molecule has 1 N–H and O–H groups in total. The zero-order valence-corrected chi connectivity index (χ0v) is 28.3. The maximum absolute atomic E-state index is 15.0. The number of aliphatic hydroxyl groups is 1. The predicted octanol–water partition coefficient (Wildman–Crippen LogP) is 5.54. The van der Waals surface area contributed by atoms with Crippen molar-refractivity contribution in [2.75, 3.05) is 29.5 Å². The molecule has 10 heteroatoms. The van der Waals surface area contributed by atoms with Gasteiger partial charge in [-0.15, -0.1) is 13.2 Å². The molecule has 3 saturated heterocycles. The Labute approximate surface area is 278 Å². The van der Waals surface area contributed by atoms with Crippen LogP contribution >= 0.6 is 27.5 Å². The topological polar surface area (TPSA) is 90.4 Å². The van der Waals surface area contributed by atoms with Crippen LogP contribution in [0.15, 0.2) is 73.8 Å².